The number of carbonyl (C=O) groups is 2. The molecule has 0 N–H and O–H groups in total. The highest BCUT2D eigenvalue weighted by atomic mass is 16.5. The summed E-state index contributed by atoms with van der Waals surface area (Å²) in [7, 11) is 1.38. The fourth-order valence-electron chi connectivity index (χ4n) is 2.48. The van der Waals surface area contributed by atoms with Crippen molar-refractivity contribution in [3.05, 3.63) is 0 Å². The summed E-state index contributed by atoms with van der Waals surface area (Å²) in [5.41, 5.74) is 0. The van der Waals surface area contributed by atoms with Gasteiger partial charge < -0.3 is 14.4 Å². The van der Waals surface area contributed by atoms with Crippen molar-refractivity contribution >= 4 is 11.9 Å². The van der Waals surface area contributed by atoms with Crippen molar-refractivity contribution in [3.63, 3.8) is 0 Å². The molecule has 0 aliphatic carbocycles. The quantitative estimate of drug-likeness (QED) is 0.598. The van der Waals surface area contributed by atoms with Gasteiger partial charge in [0.05, 0.1) is 26.7 Å². The maximum Gasteiger partial charge on any atom is 0.307 e. The first-order valence-electron chi connectivity index (χ1n) is 8.17. The maximum atomic E-state index is 12.3. The molecule has 0 saturated carbocycles. The highest BCUT2D eigenvalue weighted by molar-refractivity contribution is 5.77. The van der Waals surface area contributed by atoms with Crippen molar-refractivity contribution in [2.45, 2.75) is 33.1 Å². The molecule has 1 amide bonds. The molecule has 1 aliphatic heterocycles. The molecule has 6 nitrogen and oxygen atoms in total. The summed E-state index contributed by atoms with van der Waals surface area (Å²) in [6, 6.07) is 0. The first-order chi connectivity index (χ1) is 10.5. The number of esters is 1. The minimum atomic E-state index is -0.268. The lowest BCUT2D eigenvalue weighted by Crippen LogP contribution is -2.39. The van der Waals surface area contributed by atoms with Crippen molar-refractivity contribution in [2.24, 2.45) is 5.92 Å². The molecule has 0 radical (unpaired) electrons. The third kappa shape index (κ3) is 7.75. The Morgan fingerprint density at radius 3 is 2.50 bits per heavy atom. The Kier molecular flexibility index (Phi) is 9.08. The van der Waals surface area contributed by atoms with Crippen LogP contribution in [0.5, 0.6) is 0 Å². The summed E-state index contributed by atoms with van der Waals surface area (Å²) >= 11 is 0. The summed E-state index contributed by atoms with van der Waals surface area (Å²) in [5.74, 6) is 0.184. The molecule has 0 bridgehead atoms. The Hall–Kier alpha value is -1.14. The number of amides is 1. The number of carbonyl (C=O) groups excluding carboxylic acids is 2. The molecule has 22 heavy (non-hydrogen) atoms. The van der Waals surface area contributed by atoms with E-state index in [0.717, 1.165) is 39.3 Å². The number of methoxy groups -OCH3 is 1. The Balaban J connectivity index is 2.38. The van der Waals surface area contributed by atoms with E-state index in [9.17, 15) is 9.59 Å². The lowest BCUT2D eigenvalue weighted by molar-refractivity contribution is -0.141. The van der Waals surface area contributed by atoms with E-state index in [2.05, 4.69) is 9.64 Å². The molecule has 0 aromatic rings. The van der Waals surface area contributed by atoms with Crippen LogP contribution in [0, 0.1) is 5.92 Å². The van der Waals surface area contributed by atoms with Crippen molar-refractivity contribution in [1.82, 2.24) is 9.80 Å². The summed E-state index contributed by atoms with van der Waals surface area (Å²) in [6.07, 6.45) is 1.71. The molecule has 0 atom stereocenters. The van der Waals surface area contributed by atoms with Gasteiger partial charge in [0.2, 0.25) is 5.91 Å². The van der Waals surface area contributed by atoms with Crippen molar-refractivity contribution in [3.8, 4) is 0 Å². The number of hydrogen-bond acceptors (Lipinski definition) is 5. The first-order valence-corrected chi connectivity index (χ1v) is 8.17. The molecule has 0 aromatic heterocycles. The first kappa shape index (κ1) is 18.9. The molecule has 0 unspecified atom stereocenters. The van der Waals surface area contributed by atoms with E-state index in [0.29, 0.717) is 25.4 Å². The zero-order chi connectivity index (χ0) is 16.4. The van der Waals surface area contributed by atoms with Crippen LogP contribution in [0.1, 0.15) is 33.1 Å². The normalized spacial score (nSPS) is 15.8. The largest absolute Gasteiger partial charge is 0.469 e. The Labute approximate surface area is 133 Å². The SMILES string of the molecule is COC(=O)CCN(CCCN1CCOCC1)C(=O)CC(C)C. The number of hydrogen-bond donors (Lipinski definition) is 0. The van der Waals surface area contributed by atoms with E-state index in [-0.39, 0.29) is 18.3 Å². The minimum absolute atomic E-state index is 0.126. The zero-order valence-electron chi connectivity index (χ0n) is 14.2. The molecule has 0 spiro atoms. The number of morpholine rings is 1. The zero-order valence-corrected chi connectivity index (χ0v) is 14.2. The minimum Gasteiger partial charge on any atom is -0.469 e. The Morgan fingerprint density at radius 2 is 1.91 bits per heavy atom. The fourth-order valence-corrected chi connectivity index (χ4v) is 2.48. The van der Waals surface area contributed by atoms with Gasteiger partial charge in [0.15, 0.2) is 0 Å². The van der Waals surface area contributed by atoms with Gasteiger partial charge in [0, 0.05) is 39.1 Å². The second kappa shape index (κ2) is 10.6. The third-order valence-electron chi connectivity index (χ3n) is 3.76. The fraction of sp³-hybridized carbons (Fsp3) is 0.875. The number of nitrogens with zero attached hydrogens (tertiary/aromatic N) is 2. The van der Waals surface area contributed by atoms with Crippen molar-refractivity contribution < 1.29 is 19.1 Å². The van der Waals surface area contributed by atoms with Gasteiger partial charge in [-0.25, -0.2) is 0 Å². The average Bonchev–Trinajstić information content (AvgIpc) is 2.50. The van der Waals surface area contributed by atoms with Gasteiger partial charge in [-0.05, 0) is 12.3 Å². The van der Waals surface area contributed by atoms with Crippen LogP contribution in [0.2, 0.25) is 0 Å². The van der Waals surface area contributed by atoms with E-state index in [1.165, 1.54) is 7.11 Å². The standard InChI is InChI=1S/C16H30N2O4/c1-14(2)13-15(19)18(8-5-16(20)21-3)7-4-6-17-9-11-22-12-10-17/h14H,4-13H2,1-3H3. The van der Waals surface area contributed by atoms with E-state index >= 15 is 0 Å². The highest BCUT2D eigenvalue weighted by Crippen LogP contribution is 2.07. The molecular formula is C16H30N2O4. The monoisotopic (exact) mass is 314 g/mol. The van der Waals surface area contributed by atoms with Gasteiger partial charge in [-0.2, -0.15) is 0 Å². The lowest BCUT2D eigenvalue weighted by atomic mass is 10.1. The van der Waals surface area contributed by atoms with Gasteiger partial charge in [-0.15, -0.1) is 0 Å². The van der Waals surface area contributed by atoms with Crippen LogP contribution in [-0.2, 0) is 19.1 Å². The van der Waals surface area contributed by atoms with Crippen LogP contribution in [0.4, 0.5) is 0 Å². The molecule has 1 fully saturated rings. The molecule has 128 valence electrons. The van der Waals surface area contributed by atoms with Crippen molar-refractivity contribution in [1.29, 1.82) is 0 Å². The summed E-state index contributed by atoms with van der Waals surface area (Å²) in [5, 5.41) is 0. The molecule has 0 aromatic carbocycles. The molecule has 1 rings (SSSR count). The van der Waals surface area contributed by atoms with Crippen molar-refractivity contribution in [2.75, 3.05) is 53.0 Å². The van der Waals surface area contributed by atoms with Gasteiger partial charge in [0.25, 0.3) is 0 Å². The van der Waals surface area contributed by atoms with Crippen LogP contribution in [-0.4, -0.2) is 74.7 Å². The smallest absolute Gasteiger partial charge is 0.307 e. The Bertz CT molecular complexity index is 341. The summed E-state index contributed by atoms with van der Waals surface area (Å²) < 4.78 is 9.99. The van der Waals surface area contributed by atoms with Gasteiger partial charge in [-0.1, -0.05) is 13.8 Å². The average molecular weight is 314 g/mol. The van der Waals surface area contributed by atoms with Gasteiger partial charge >= 0.3 is 5.97 Å². The number of ether oxygens (including phenoxy) is 2. The lowest BCUT2D eigenvalue weighted by Gasteiger charge is -2.28. The second-order valence-corrected chi connectivity index (χ2v) is 6.11. The van der Waals surface area contributed by atoms with E-state index in [1.807, 2.05) is 13.8 Å². The van der Waals surface area contributed by atoms with Gasteiger partial charge in [0.1, 0.15) is 0 Å². The van der Waals surface area contributed by atoms with E-state index in [4.69, 9.17) is 4.74 Å². The highest BCUT2D eigenvalue weighted by Gasteiger charge is 2.17. The van der Waals surface area contributed by atoms with E-state index < -0.39 is 0 Å². The molecule has 6 heteroatoms. The van der Waals surface area contributed by atoms with Crippen LogP contribution in [0.25, 0.3) is 0 Å². The molecular weight excluding hydrogens is 284 g/mol. The molecule has 1 saturated heterocycles. The summed E-state index contributed by atoms with van der Waals surface area (Å²) in [6.45, 7) is 9.67. The molecule has 1 aliphatic rings. The predicted octanol–water partition coefficient (Wildman–Crippen LogP) is 1.15. The topological polar surface area (TPSA) is 59.1 Å². The third-order valence-corrected chi connectivity index (χ3v) is 3.76. The van der Waals surface area contributed by atoms with Crippen LogP contribution in [0.3, 0.4) is 0 Å². The predicted molar refractivity (Wildman–Crippen MR) is 84.5 cm³/mol. The van der Waals surface area contributed by atoms with Gasteiger partial charge in [-0.3, -0.25) is 14.5 Å². The van der Waals surface area contributed by atoms with E-state index in [1.54, 1.807) is 4.90 Å². The second-order valence-electron chi connectivity index (χ2n) is 6.11. The van der Waals surface area contributed by atoms with Crippen LogP contribution < -0.4 is 0 Å². The van der Waals surface area contributed by atoms with Crippen LogP contribution in [0.15, 0.2) is 0 Å². The number of rotatable bonds is 9. The maximum absolute atomic E-state index is 12.3. The Morgan fingerprint density at radius 1 is 1.23 bits per heavy atom. The summed E-state index contributed by atoms with van der Waals surface area (Å²) in [4.78, 5) is 27.7. The molecule has 1 heterocycles. The van der Waals surface area contributed by atoms with Crippen LogP contribution >= 0.6 is 0 Å².